The summed E-state index contributed by atoms with van der Waals surface area (Å²) in [5.74, 6) is -1.54. The maximum Gasteiger partial charge on any atom is 0.159 e. The number of benzene rings is 1. The van der Waals surface area contributed by atoms with Gasteiger partial charge in [0, 0.05) is 31.7 Å². The van der Waals surface area contributed by atoms with Crippen LogP contribution in [0, 0.1) is 11.6 Å². The lowest BCUT2D eigenvalue weighted by atomic mass is 10.1. The van der Waals surface area contributed by atoms with Crippen LogP contribution in [0.15, 0.2) is 18.2 Å². The molecule has 1 saturated heterocycles. The van der Waals surface area contributed by atoms with Crippen LogP contribution < -0.4 is 5.32 Å². The number of hydrogen-bond acceptors (Lipinski definition) is 2. The Kier molecular flexibility index (Phi) is 4.30. The van der Waals surface area contributed by atoms with Gasteiger partial charge in [0.15, 0.2) is 11.6 Å². The van der Waals surface area contributed by atoms with Crippen LogP contribution in [0.5, 0.6) is 0 Å². The van der Waals surface area contributed by atoms with Crippen molar-refractivity contribution in [2.24, 2.45) is 0 Å². The van der Waals surface area contributed by atoms with Crippen molar-refractivity contribution in [2.45, 2.75) is 38.9 Å². The minimum Gasteiger partial charge on any atom is -0.311 e. The molecule has 4 heteroatoms. The number of halogens is 2. The first kappa shape index (κ1) is 13.4. The molecule has 1 aliphatic rings. The molecule has 100 valence electrons. The fourth-order valence-electron chi connectivity index (χ4n) is 2.36. The van der Waals surface area contributed by atoms with Crippen LogP contribution in [-0.4, -0.2) is 30.1 Å². The molecule has 0 bridgehead atoms. The van der Waals surface area contributed by atoms with E-state index in [0.29, 0.717) is 18.6 Å². The third kappa shape index (κ3) is 3.06. The van der Waals surface area contributed by atoms with E-state index in [4.69, 9.17) is 0 Å². The van der Waals surface area contributed by atoms with Crippen LogP contribution >= 0.6 is 0 Å². The first-order chi connectivity index (χ1) is 8.60. The van der Waals surface area contributed by atoms with Gasteiger partial charge in [-0.05, 0) is 31.0 Å². The Hall–Kier alpha value is -1.00. The van der Waals surface area contributed by atoms with Crippen molar-refractivity contribution in [3.8, 4) is 0 Å². The fraction of sp³-hybridized carbons (Fsp3) is 0.571. The van der Waals surface area contributed by atoms with Gasteiger partial charge in [-0.3, -0.25) is 4.90 Å². The molecule has 0 aliphatic carbocycles. The highest BCUT2D eigenvalue weighted by atomic mass is 19.2. The highest BCUT2D eigenvalue weighted by molar-refractivity contribution is 5.18. The zero-order valence-corrected chi connectivity index (χ0v) is 10.9. The molecule has 0 amide bonds. The van der Waals surface area contributed by atoms with Crippen LogP contribution in [0.4, 0.5) is 8.78 Å². The van der Waals surface area contributed by atoms with Crippen molar-refractivity contribution >= 4 is 0 Å². The van der Waals surface area contributed by atoms with Crippen LogP contribution in [-0.2, 0) is 6.54 Å². The Morgan fingerprint density at radius 1 is 1.33 bits per heavy atom. The first-order valence-corrected chi connectivity index (χ1v) is 6.51. The third-order valence-electron chi connectivity index (χ3n) is 3.64. The van der Waals surface area contributed by atoms with Gasteiger partial charge in [0.1, 0.15) is 0 Å². The van der Waals surface area contributed by atoms with Gasteiger partial charge in [-0.15, -0.1) is 0 Å². The Balaban J connectivity index is 2.04. The molecule has 18 heavy (non-hydrogen) atoms. The van der Waals surface area contributed by atoms with Gasteiger partial charge in [-0.2, -0.15) is 0 Å². The Bertz CT molecular complexity index is 409. The maximum atomic E-state index is 13.2. The summed E-state index contributed by atoms with van der Waals surface area (Å²) < 4.78 is 26.0. The van der Waals surface area contributed by atoms with E-state index >= 15 is 0 Å². The minimum absolute atomic E-state index is 0.418. The van der Waals surface area contributed by atoms with E-state index < -0.39 is 11.6 Å². The molecule has 0 aromatic heterocycles. The average molecular weight is 254 g/mol. The van der Waals surface area contributed by atoms with Gasteiger partial charge >= 0.3 is 0 Å². The molecule has 2 rings (SSSR count). The van der Waals surface area contributed by atoms with Crippen molar-refractivity contribution in [1.29, 1.82) is 0 Å². The normalized spacial score (nSPS) is 25.3. The molecule has 1 aromatic rings. The lowest BCUT2D eigenvalue weighted by Gasteiger charge is -2.38. The van der Waals surface area contributed by atoms with Gasteiger partial charge in [-0.1, -0.05) is 13.0 Å². The summed E-state index contributed by atoms with van der Waals surface area (Å²) in [5.41, 5.74) is 0.831. The lowest BCUT2D eigenvalue weighted by molar-refractivity contribution is 0.131. The number of rotatable bonds is 3. The summed E-state index contributed by atoms with van der Waals surface area (Å²) >= 11 is 0. The predicted molar refractivity (Wildman–Crippen MR) is 68.3 cm³/mol. The van der Waals surface area contributed by atoms with Crippen molar-refractivity contribution in [3.63, 3.8) is 0 Å². The summed E-state index contributed by atoms with van der Waals surface area (Å²) in [6.07, 6.45) is 1.08. The molecule has 1 heterocycles. The number of piperazine rings is 1. The zero-order valence-electron chi connectivity index (χ0n) is 10.9. The molecule has 1 fully saturated rings. The van der Waals surface area contributed by atoms with Gasteiger partial charge in [-0.25, -0.2) is 8.78 Å². The Morgan fingerprint density at radius 3 is 2.78 bits per heavy atom. The van der Waals surface area contributed by atoms with Crippen molar-refractivity contribution in [2.75, 3.05) is 13.1 Å². The maximum absolute atomic E-state index is 13.2. The molecule has 2 unspecified atom stereocenters. The van der Waals surface area contributed by atoms with Gasteiger partial charge in [0.25, 0.3) is 0 Å². The van der Waals surface area contributed by atoms with Crippen LogP contribution in [0.2, 0.25) is 0 Å². The second-order valence-corrected chi connectivity index (χ2v) is 5.04. The number of nitrogens with one attached hydrogen (secondary N) is 1. The van der Waals surface area contributed by atoms with Gasteiger partial charge in [0.05, 0.1) is 0 Å². The molecule has 2 nitrogen and oxygen atoms in total. The molecule has 2 atom stereocenters. The molecule has 0 radical (unpaired) electrons. The molecule has 0 spiro atoms. The SMILES string of the molecule is CCC1CN(Cc2ccc(F)c(F)c2)C(C)CN1. The average Bonchev–Trinajstić information content (AvgIpc) is 2.36. The second-order valence-electron chi connectivity index (χ2n) is 5.04. The smallest absolute Gasteiger partial charge is 0.159 e. The molecular formula is C14H20F2N2. The highest BCUT2D eigenvalue weighted by Crippen LogP contribution is 2.15. The quantitative estimate of drug-likeness (QED) is 0.891. The van der Waals surface area contributed by atoms with E-state index in [-0.39, 0.29) is 0 Å². The van der Waals surface area contributed by atoms with E-state index in [0.717, 1.165) is 25.1 Å². The number of hydrogen-bond donors (Lipinski definition) is 1. The molecular weight excluding hydrogens is 234 g/mol. The largest absolute Gasteiger partial charge is 0.311 e. The standard InChI is InChI=1S/C14H20F2N2/c1-3-12-9-18(10(2)7-17-12)8-11-4-5-13(15)14(16)6-11/h4-6,10,12,17H,3,7-9H2,1-2H3. The van der Waals surface area contributed by atoms with Crippen molar-refractivity contribution < 1.29 is 8.78 Å². The van der Waals surface area contributed by atoms with Crippen molar-refractivity contribution in [3.05, 3.63) is 35.4 Å². The second kappa shape index (κ2) is 5.76. The summed E-state index contributed by atoms with van der Waals surface area (Å²) in [4.78, 5) is 2.32. The van der Waals surface area contributed by atoms with E-state index in [1.54, 1.807) is 6.07 Å². The molecule has 1 N–H and O–H groups in total. The molecule has 1 aliphatic heterocycles. The van der Waals surface area contributed by atoms with E-state index in [2.05, 4.69) is 24.1 Å². The van der Waals surface area contributed by atoms with Gasteiger partial charge in [0.2, 0.25) is 0 Å². The summed E-state index contributed by atoms with van der Waals surface area (Å²) in [6, 6.07) is 5.07. The van der Waals surface area contributed by atoms with Crippen LogP contribution in [0.1, 0.15) is 25.8 Å². The molecule has 0 saturated carbocycles. The monoisotopic (exact) mass is 254 g/mol. The summed E-state index contributed by atoms with van der Waals surface area (Å²) in [7, 11) is 0. The van der Waals surface area contributed by atoms with E-state index in [1.807, 2.05) is 0 Å². The predicted octanol–water partition coefficient (Wildman–Crippen LogP) is 2.54. The van der Waals surface area contributed by atoms with E-state index in [9.17, 15) is 8.78 Å². The Labute approximate surface area is 107 Å². The highest BCUT2D eigenvalue weighted by Gasteiger charge is 2.23. The molecule has 1 aromatic carbocycles. The Morgan fingerprint density at radius 2 is 2.11 bits per heavy atom. The van der Waals surface area contributed by atoms with Crippen molar-refractivity contribution in [1.82, 2.24) is 10.2 Å². The van der Waals surface area contributed by atoms with Crippen LogP contribution in [0.25, 0.3) is 0 Å². The zero-order chi connectivity index (χ0) is 13.1. The number of nitrogens with zero attached hydrogens (tertiary/aromatic N) is 1. The van der Waals surface area contributed by atoms with E-state index in [1.165, 1.54) is 12.1 Å². The van der Waals surface area contributed by atoms with Crippen LogP contribution in [0.3, 0.4) is 0 Å². The first-order valence-electron chi connectivity index (χ1n) is 6.51. The summed E-state index contributed by atoms with van der Waals surface area (Å²) in [5, 5.41) is 3.48. The summed E-state index contributed by atoms with van der Waals surface area (Å²) in [6.45, 7) is 6.89. The fourth-order valence-corrected chi connectivity index (χ4v) is 2.36. The lowest BCUT2D eigenvalue weighted by Crippen LogP contribution is -2.54. The topological polar surface area (TPSA) is 15.3 Å². The third-order valence-corrected chi connectivity index (χ3v) is 3.64. The minimum atomic E-state index is -0.779. The van der Waals surface area contributed by atoms with Gasteiger partial charge < -0.3 is 5.32 Å².